The van der Waals surface area contributed by atoms with E-state index in [9.17, 15) is 0 Å². The Morgan fingerprint density at radius 2 is 2.25 bits per heavy atom. The highest BCUT2D eigenvalue weighted by Gasteiger charge is 2.02. The first-order valence-corrected chi connectivity index (χ1v) is 5.97. The molecule has 0 saturated carbocycles. The van der Waals surface area contributed by atoms with Gasteiger partial charge in [-0.05, 0) is 36.7 Å². The van der Waals surface area contributed by atoms with Crippen molar-refractivity contribution < 1.29 is 4.74 Å². The van der Waals surface area contributed by atoms with Crippen LogP contribution >= 0.6 is 15.9 Å². The number of methoxy groups -OCH3 is 1. The summed E-state index contributed by atoms with van der Waals surface area (Å²) in [7, 11) is 1.68. The molecule has 1 N–H and O–H groups in total. The lowest BCUT2D eigenvalue weighted by Crippen LogP contribution is -2.18. The fourth-order valence-electron chi connectivity index (χ4n) is 1.43. The van der Waals surface area contributed by atoms with Gasteiger partial charge in [0.2, 0.25) is 0 Å². The molecular formula is C12H15BrN2O. The van der Waals surface area contributed by atoms with Crippen molar-refractivity contribution >= 4 is 15.9 Å². The third-order valence-corrected chi connectivity index (χ3v) is 2.72. The zero-order valence-electron chi connectivity index (χ0n) is 9.29. The maximum atomic E-state index is 8.38. The van der Waals surface area contributed by atoms with Crippen LogP contribution in [-0.4, -0.2) is 20.2 Å². The molecule has 0 saturated heterocycles. The Bertz CT molecular complexity index is 374. The van der Waals surface area contributed by atoms with Crippen LogP contribution in [0.1, 0.15) is 12.0 Å². The van der Waals surface area contributed by atoms with Gasteiger partial charge < -0.3 is 10.1 Å². The molecular weight excluding hydrogens is 268 g/mol. The van der Waals surface area contributed by atoms with Gasteiger partial charge in [0, 0.05) is 17.4 Å². The number of nitriles is 1. The first-order chi connectivity index (χ1) is 7.77. The largest absolute Gasteiger partial charge is 0.496 e. The average molecular weight is 283 g/mol. The highest BCUT2D eigenvalue weighted by molar-refractivity contribution is 9.10. The minimum Gasteiger partial charge on any atom is -0.496 e. The normalized spacial score (nSPS) is 9.81. The summed E-state index contributed by atoms with van der Waals surface area (Å²) in [5.41, 5.74) is 1.17. The molecule has 0 aliphatic rings. The van der Waals surface area contributed by atoms with E-state index in [0.717, 1.165) is 29.7 Å². The Kier molecular flexibility index (Phi) is 5.91. The highest BCUT2D eigenvalue weighted by atomic mass is 79.9. The fraction of sp³-hybridized carbons (Fsp3) is 0.417. The number of rotatable bonds is 6. The van der Waals surface area contributed by atoms with Crippen molar-refractivity contribution in [2.45, 2.75) is 12.8 Å². The zero-order chi connectivity index (χ0) is 11.8. The van der Waals surface area contributed by atoms with Gasteiger partial charge >= 0.3 is 0 Å². The zero-order valence-corrected chi connectivity index (χ0v) is 10.9. The average Bonchev–Trinajstić information content (AvgIpc) is 2.29. The fourth-order valence-corrected chi connectivity index (χ4v) is 1.84. The molecule has 1 rings (SSSR count). The van der Waals surface area contributed by atoms with Crippen molar-refractivity contribution in [2.24, 2.45) is 0 Å². The molecule has 0 aliphatic carbocycles. The van der Waals surface area contributed by atoms with E-state index in [1.54, 1.807) is 7.11 Å². The summed E-state index contributed by atoms with van der Waals surface area (Å²) in [5.74, 6) is 0.908. The van der Waals surface area contributed by atoms with Crippen LogP contribution in [0.2, 0.25) is 0 Å². The lowest BCUT2D eigenvalue weighted by Gasteiger charge is -2.09. The predicted molar refractivity (Wildman–Crippen MR) is 67.5 cm³/mol. The molecule has 3 nitrogen and oxygen atoms in total. The maximum Gasteiger partial charge on any atom is 0.122 e. The van der Waals surface area contributed by atoms with E-state index < -0.39 is 0 Å². The standard InChI is InChI=1S/C12H15BrN2O/c1-16-12-4-3-11(13)9-10(12)5-8-15-7-2-6-14/h3-4,9,15H,2,5,7-8H2,1H3. The topological polar surface area (TPSA) is 45.0 Å². The van der Waals surface area contributed by atoms with Gasteiger partial charge in [-0.3, -0.25) is 0 Å². The van der Waals surface area contributed by atoms with Crippen molar-refractivity contribution in [1.29, 1.82) is 5.26 Å². The Balaban J connectivity index is 2.46. The van der Waals surface area contributed by atoms with Crippen LogP contribution < -0.4 is 10.1 Å². The van der Waals surface area contributed by atoms with Gasteiger partial charge in [0.05, 0.1) is 13.2 Å². The monoisotopic (exact) mass is 282 g/mol. The SMILES string of the molecule is COc1ccc(Br)cc1CCNCCC#N. The van der Waals surface area contributed by atoms with E-state index in [1.165, 1.54) is 5.56 Å². The van der Waals surface area contributed by atoms with Crippen LogP contribution in [0.3, 0.4) is 0 Å². The minimum absolute atomic E-state index is 0.551. The lowest BCUT2D eigenvalue weighted by atomic mass is 10.1. The highest BCUT2D eigenvalue weighted by Crippen LogP contribution is 2.22. The molecule has 0 radical (unpaired) electrons. The van der Waals surface area contributed by atoms with E-state index >= 15 is 0 Å². The number of benzene rings is 1. The number of nitrogens with one attached hydrogen (secondary N) is 1. The Hall–Kier alpha value is -1.05. The summed E-state index contributed by atoms with van der Waals surface area (Å²) < 4.78 is 6.33. The van der Waals surface area contributed by atoms with E-state index in [-0.39, 0.29) is 0 Å². The van der Waals surface area contributed by atoms with Gasteiger partial charge in [-0.15, -0.1) is 0 Å². The lowest BCUT2D eigenvalue weighted by molar-refractivity contribution is 0.409. The first-order valence-electron chi connectivity index (χ1n) is 5.18. The smallest absolute Gasteiger partial charge is 0.122 e. The van der Waals surface area contributed by atoms with Crippen LogP contribution in [0.5, 0.6) is 5.75 Å². The van der Waals surface area contributed by atoms with Crippen molar-refractivity contribution in [2.75, 3.05) is 20.2 Å². The molecule has 4 heteroatoms. The molecule has 16 heavy (non-hydrogen) atoms. The molecule has 0 bridgehead atoms. The predicted octanol–water partition coefficient (Wildman–Crippen LogP) is 2.50. The van der Waals surface area contributed by atoms with Crippen molar-refractivity contribution in [1.82, 2.24) is 5.32 Å². The number of halogens is 1. The van der Waals surface area contributed by atoms with Gasteiger partial charge in [0.25, 0.3) is 0 Å². The van der Waals surface area contributed by atoms with E-state index in [4.69, 9.17) is 10.00 Å². The second-order valence-electron chi connectivity index (χ2n) is 3.36. The minimum atomic E-state index is 0.551. The molecule has 1 aromatic rings. The van der Waals surface area contributed by atoms with Crippen LogP contribution in [0.25, 0.3) is 0 Å². The molecule has 86 valence electrons. The Morgan fingerprint density at radius 3 is 2.94 bits per heavy atom. The van der Waals surface area contributed by atoms with E-state index in [0.29, 0.717) is 6.42 Å². The summed E-state index contributed by atoms with van der Waals surface area (Å²) in [5, 5.41) is 11.6. The molecule has 1 aromatic carbocycles. The number of ether oxygens (including phenoxy) is 1. The molecule has 0 aromatic heterocycles. The summed E-state index contributed by atoms with van der Waals surface area (Å²) in [4.78, 5) is 0. The Labute approximate surface area is 105 Å². The summed E-state index contributed by atoms with van der Waals surface area (Å²) >= 11 is 3.44. The molecule has 0 atom stereocenters. The molecule has 0 amide bonds. The number of hydrogen-bond donors (Lipinski definition) is 1. The van der Waals surface area contributed by atoms with Crippen LogP contribution in [0.15, 0.2) is 22.7 Å². The summed E-state index contributed by atoms with van der Waals surface area (Å²) in [6.07, 6.45) is 1.45. The maximum absolute atomic E-state index is 8.38. The molecule has 0 heterocycles. The van der Waals surface area contributed by atoms with Gasteiger partial charge in [-0.25, -0.2) is 0 Å². The van der Waals surface area contributed by atoms with Crippen molar-refractivity contribution in [3.63, 3.8) is 0 Å². The van der Waals surface area contributed by atoms with Crippen molar-refractivity contribution in [3.8, 4) is 11.8 Å². The van der Waals surface area contributed by atoms with Crippen LogP contribution in [-0.2, 0) is 6.42 Å². The van der Waals surface area contributed by atoms with Crippen LogP contribution in [0, 0.1) is 11.3 Å². The molecule has 0 aliphatic heterocycles. The quantitative estimate of drug-likeness (QED) is 0.816. The summed E-state index contributed by atoms with van der Waals surface area (Å²) in [6, 6.07) is 8.08. The second kappa shape index (κ2) is 7.26. The summed E-state index contributed by atoms with van der Waals surface area (Å²) in [6.45, 7) is 1.60. The van der Waals surface area contributed by atoms with Gasteiger partial charge in [-0.2, -0.15) is 5.26 Å². The third kappa shape index (κ3) is 4.21. The van der Waals surface area contributed by atoms with E-state index in [2.05, 4.69) is 33.4 Å². The van der Waals surface area contributed by atoms with E-state index in [1.807, 2.05) is 12.1 Å². The van der Waals surface area contributed by atoms with Gasteiger partial charge in [0.15, 0.2) is 0 Å². The third-order valence-electron chi connectivity index (χ3n) is 2.23. The Morgan fingerprint density at radius 1 is 1.44 bits per heavy atom. The van der Waals surface area contributed by atoms with Crippen LogP contribution in [0.4, 0.5) is 0 Å². The first kappa shape index (κ1) is 13.0. The number of nitrogens with zero attached hydrogens (tertiary/aromatic N) is 1. The molecule has 0 fully saturated rings. The molecule has 0 spiro atoms. The molecule has 0 unspecified atom stereocenters. The van der Waals surface area contributed by atoms with Gasteiger partial charge in [-0.1, -0.05) is 15.9 Å². The van der Waals surface area contributed by atoms with Crippen molar-refractivity contribution in [3.05, 3.63) is 28.2 Å². The van der Waals surface area contributed by atoms with Gasteiger partial charge in [0.1, 0.15) is 5.75 Å². The second-order valence-corrected chi connectivity index (χ2v) is 4.28. The number of hydrogen-bond acceptors (Lipinski definition) is 3.